The van der Waals surface area contributed by atoms with Crippen molar-refractivity contribution in [1.82, 2.24) is 10.2 Å². The second-order valence-corrected chi connectivity index (χ2v) is 4.58. The van der Waals surface area contributed by atoms with Crippen molar-refractivity contribution in [3.63, 3.8) is 0 Å². The van der Waals surface area contributed by atoms with Crippen LogP contribution in [0, 0.1) is 0 Å². The van der Waals surface area contributed by atoms with Crippen LogP contribution in [-0.4, -0.2) is 37.1 Å². The summed E-state index contributed by atoms with van der Waals surface area (Å²) in [5.41, 5.74) is 1.44. The molecular formula is C12H24N2. The summed E-state index contributed by atoms with van der Waals surface area (Å²) in [5.74, 6) is 0. The fourth-order valence-corrected chi connectivity index (χ4v) is 1.93. The molecule has 0 amide bonds. The van der Waals surface area contributed by atoms with Gasteiger partial charge in [-0.15, -0.1) is 0 Å². The quantitative estimate of drug-likeness (QED) is 0.695. The van der Waals surface area contributed by atoms with Gasteiger partial charge in [-0.2, -0.15) is 0 Å². The van der Waals surface area contributed by atoms with E-state index in [1.165, 1.54) is 44.6 Å². The van der Waals surface area contributed by atoms with Gasteiger partial charge < -0.3 is 10.2 Å². The van der Waals surface area contributed by atoms with Crippen LogP contribution in [0.3, 0.4) is 0 Å². The smallest absolute Gasteiger partial charge is 0.0166 e. The van der Waals surface area contributed by atoms with Crippen LogP contribution in [0.1, 0.15) is 33.6 Å². The van der Waals surface area contributed by atoms with E-state index in [-0.39, 0.29) is 0 Å². The van der Waals surface area contributed by atoms with E-state index in [1.807, 2.05) is 0 Å². The Balaban J connectivity index is 2.25. The van der Waals surface area contributed by atoms with Gasteiger partial charge in [0, 0.05) is 19.1 Å². The van der Waals surface area contributed by atoms with Gasteiger partial charge >= 0.3 is 0 Å². The van der Waals surface area contributed by atoms with E-state index >= 15 is 0 Å². The number of allylic oxidation sites excluding steroid dienone is 1. The molecule has 1 heterocycles. The first-order valence-corrected chi connectivity index (χ1v) is 5.77. The minimum Gasteiger partial charge on any atom is -0.313 e. The first-order valence-electron chi connectivity index (χ1n) is 5.77. The molecule has 2 nitrogen and oxygen atoms in total. The molecule has 0 aromatic carbocycles. The molecule has 0 radical (unpaired) electrons. The number of nitrogens with one attached hydrogen (secondary N) is 1. The lowest BCUT2D eigenvalue weighted by Crippen LogP contribution is -2.35. The lowest BCUT2D eigenvalue weighted by molar-refractivity contribution is 0.278. The highest BCUT2D eigenvalue weighted by atomic mass is 15.2. The van der Waals surface area contributed by atoms with Crippen molar-refractivity contribution < 1.29 is 0 Å². The van der Waals surface area contributed by atoms with Crippen molar-refractivity contribution in [3.05, 3.63) is 11.6 Å². The molecule has 1 aliphatic heterocycles. The van der Waals surface area contributed by atoms with Crippen molar-refractivity contribution >= 4 is 0 Å². The molecule has 1 unspecified atom stereocenters. The summed E-state index contributed by atoms with van der Waals surface area (Å²) >= 11 is 0. The Morgan fingerprint density at radius 1 is 1.50 bits per heavy atom. The van der Waals surface area contributed by atoms with E-state index in [9.17, 15) is 0 Å². The van der Waals surface area contributed by atoms with Crippen molar-refractivity contribution in [2.24, 2.45) is 0 Å². The van der Waals surface area contributed by atoms with E-state index in [0.29, 0.717) is 6.04 Å². The van der Waals surface area contributed by atoms with Crippen LogP contribution >= 0.6 is 0 Å². The van der Waals surface area contributed by atoms with E-state index in [1.54, 1.807) is 0 Å². The zero-order valence-corrected chi connectivity index (χ0v) is 9.84. The summed E-state index contributed by atoms with van der Waals surface area (Å²) in [7, 11) is 0. The summed E-state index contributed by atoms with van der Waals surface area (Å²) in [4.78, 5) is 2.57. The zero-order valence-electron chi connectivity index (χ0n) is 9.84. The Morgan fingerprint density at radius 3 is 3.00 bits per heavy atom. The highest BCUT2D eigenvalue weighted by Gasteiger charge is 2.12. The van der Waals surface area contributed by atoms with Gasteiger partial charge in [-0.3, -0.25) is 0 Å². The Kier molecular flexibility index (Phi) is 5.20. The van der Waals surface area contributed by atoms with E-state index in [4.69, 9.17) is 0 Å². The molecule has 1 rings (SSSR count). The van der Waals surface area contributed by atoms with E-state index in [0.717, 1.165) is 0 Å². The fourth-order valence-electron chi connectivity index (χ4n) is 1.93. The average molecular weight is 196 g/mol. The molecule has 1 fully saturated rings. The molecule has 1 N–H and O–H groups in total. The van der Waals surface area contributed by atoms with Gasteiger partial charge in [0.2, 0.25) is 0 Å². The molecule has 82 valence electrons. The molecule has 0 aliphatic carbocycles. The third kappa shape index (κ3) is 4.77. The Labute approximate surface area is 88.4 Å². The van der Waals surface area contributed by atoms with Gasteiger partial charge in [0.05, 0.1) is 0 Å². The van der Waals surface area contributed by atoms with Crippen molar-refractivity contribution in [2.75, 3.05) is 26.2 Å². The molecule has 1 aliphatic rings. The van der Waals surface area contributed by atoms with E-state index < -0.39 is 0 Å². The number of rotatable bonds is 3. The largest absolute Gasteiger partial charge is 0.313 e. The average Bonchev–Trinajstić information content (AvgIpc) is 2.29. The maximum Gasteiger partial charge on any atom is 0.0166 e. The topological polar surface area (TPSA) is 15.3 Å². The maximum absolute atomic E-state index is 3.52. The molecular weight excluding hydrogens is 172 g/mol. The van der Waals surface area contributed by atoms with Gasteiger partial charge in [-0.1, -0.05) is 11.6 Å². The highest BCUT2D eigenvalue weighted by Crippen LogP contribution is 2.02. The Hall–Kier alpha value is -0.340. The lowest BCUT2D eigenvalue weighted by atomic mass is 10.2. The lowest BCUT2D eigenvalue weighted by Gasteiger charge is -2.21. The fraction of sp³-hybridized carbons (Fsp3) is 0.833. The molecule has 14 heavy (non-hydrogen) atoms. The van der Waals surface area contributed by atoms with Crippen molar-refractivity contribution in [3.8, 4) is 0 Å². The van der Waals surface area contributed by atoms with Crippen LogP contribution in [-0.2, 0) is 0 Å². The van der Waals surface area contributed by atoms with Gasteiger partial charge in [0.15, 0.2) is 0 Å². The van der Waals surface area contributed by atoms with Crippen LogP contribution in [0.2, 0.25) is 0 Å². The predicted octanol–water partition coefficient (Wildman–Crippen LogP) is 2.03. The van der Waals surface area contributed by atoms with Gasteiger partial charge in [0.25, 0.3) is 0 Å². The minimum absolute atomic E-state index is 0.657. The molecule has 0 spiro atoms. The van der Waals surface area contributed by atoms with Crippen molar-refractivity contribution in [2.45, 2.75) is 39.7 Å². The Morgan fingerprint density at radius 2 is 2.29 bits per heavy atom. The predicted molar refractivity (Wildman–Crippen MR) is 62.6 cm³/mol. The molecule has 0 bridgehead atoms. The van der Waals surface area contributed by atoms with Crippen molar-refractivity contribution in [1.29, 1.82) is 0 Å². The second-order valence-electron chi connectivity index (χ2n) is 4.58. The molecule has 1 atom stereocenters. The monoisotopic (exact) mass is 196 g/mol. The first-order chi connectivity index (χ1) is 6.68. The molecule has 0 aromatic heterocycles. The zero-order chi connectivity index (χ0) is 10.4. The Bertz CT molecular complexity index is 183. The summed E-state index contributed by atoms with van der Waals surface area (Å²) in [6, 6.07) is 0.657. The normalized spacial score (nSPS) is 24.4. The van der Waals surface area contributed by atoms with Gasteiger partial charge in [0.1, 0.15) is 0 Å². The number of hydrogen-bond donors (Lipinski definition) is 1. The third-order valence-electron chi connectivity index (χ3n) is 2.67. The highest BCUT2D eigenvalue weighted by molar-refractivity contribution is 4.93. The van der Waals surface area contributed by atoms with Crippen LogP contribution in [0.5, 0.6) is 0 Å². The van der Waals surface area contributed by atoms with Crippen LogP contribution in [0.15, 0.2) is 11.6 Å². The minimum atomic E-state index is 0.657. The van der Waals surface area contributed by atoms with E-state index in [2.05, 4.69) is 37.1 Å². The standard InChI is InChI=1S/C12H24N2/c1-11(2)6-4-8-14-9-5-7-13-12(3)10-14/h6,12-13H,4-5,7-10H2,1-3H3. The summed E-state index contributed by atoms with van der Waals surface area (Å²) in [5, 5.41) is 3.52. The third-order valence-corrected chi connectivity index (χ3v) is 2.67. The summed E-state index contributed by atoms with van der Waals surface area (Å²) < 4.78 is 0. The summed E-state index contributed by atoms with van der Waals surface area (Å²) in [6.07, 6.45) is 4.83. The molecule has 0 saturated carbocycles. The molecule has 2 heteroatoms. The number of nitrogens with zero attached hydrogens (tertiary/aromatic N) is 1. The van der Waals surface area contributed by atoms with Gasteiger partial charge in [-0.25, -0.2) is 0 Å². The van der Waals surface area contributed by atoms with Crippen LogP contribution in [0.25, 0.3) is 0 Å². The molecule has 0 aromatic rings. The van der Waals surface area contributed by atoms with Crippen LogP contribution < -0.4 is 5.32 Å². The maximum atomic E-state index is 3.52. The summed E-state index contributed by atoms with van der Waals surface area (Å²) in [6.45, 7) is 11.5. The van der Waals surface area contributed by atoms with Crippen LogP contribution in [0.4, 0.5) is 0 Å². The number of hydrogen-bond acceptors (Lipinski definition) is 2. The molecule has 1 saturated heterocycles. The van der Waals surface area contributed by atoms with Gasteiger partial charge in [-0.05, 0) is 46.7 Å². The SMILES string of the molecule is CC(C)=CCCN1CCCNC(C)C1. The second kappa shape index (κ2) is 6.20. The first kappa shape index (κ1) is 11.7.